The number of nitrogen functional groups attached to an aromatic ring is 1. The number of amides is 6. The second kappa shape index (κ2) is 46.7. The third-order valence-corrected chi connectivity index (χ3v) is 25.9. The number of carbonyl (C=O) groups is 10. The van der Waals surface area contributed by atoms with E-state index in [2.05, 4.69) is 53.8 Å². The van der Waals surface area contributed by atoms with Crippen molar-refractivity contribution in [1.82, 2.24) is 35.6 Å². The standard InChI is InChI=1S/C21H31N3O3.C21H30N2O4.C20H28N2O4.C16H23N3O.C12H19NO3.C9H11NO2.CH5N.ClH.Na.H2O/c1-14-10-15(6-7-17(14)18(25)22-5)23-16-11-21(12-16)8-9-24(13-21)19(26)27-20(2,3)4;1-14-10-15(6-7-17(14)18(24)26-5)22-16-11-21(12-16)8-9-23(13-21)19(25)27-20(2,3)4;1-13-9-14(5-6-16(13)17(23)24)21-15-10-20(11-15)7-8-22(12-20)18(25)26-19(2,3)4;1-11-7-12(3-4-14(11)15(20)17-2)19-13-8-16(9-13)5-6-18-10-16;1-11(2,3)16-10(15)13-5-4-12(8-13)6-9(14)7-12;1-6-5-7(10)3-4-8(6)9(11)12-2;1-2;;;/h6-7,10,16,23H,8-9,11-13H2,1-5H3,(H,22,25);6-7,10,16,22H,8-9,11-13H2,1-5H3;5-6,9,15,21H,7-8,10-12H2,1-4H3,(H,23,24);3-4,7,13,18-19H,5-6,8-10H2,1-2H3,(H,17,20);4-8H2,1-3H3;3-5H,10H2,1-2H3;2H2,1H3;1H;;1H2/q;;;;;;;;+1;/p-1. The maximum absolute atomic E-state index is 12.3. The van der Waals surface area contributed by atoms with Crippen LogP contribution in [0.25, 0.3) is 0 Å². The SMILES string of the molecule is CC(C)(C)OC(=O)N1CCC2(CC(=O)C2)C1.CN.CNC(=O)c1ccc(NC2CC3(CCN(C(=O)OC(C)(C)C)C3)C2)cc1C.CNC(=O)c1ccc(NC2CC3(CCNC3)C2)cc1C.COC(=O)c1ccc(N)cc1C.COC(=O)c1ccc(NC2CC3(CCN(C(=O)OC(C)(C)C)C3)C2)cc1C.Cc1cc(NC2CC3(CCN(C(=O)OC(C)(C)C)C3)C2)ccc1C(=O)O.Cl.[Na+].[OH-]. The van der Waals surface area contributed by atoms with Gasteiger partial charge in [0.25, 0.3) is 11.8 Å². The van der Waals surface area contributed by atoms with Gasteiger partial charge in [-0.2, -0.15) is 0 Å². The number of nitrogens with two attached hydrogens (primary N) is 2. The molecule has 0 atom stereocenters. The minimum atomic E-state index is -0.898. The quantitative estimate of drug-likeness (QED) is 0.0226. The van der Waals surface area contributed by atoms with Crippen molar-refractivity contribution in [3.63, 3.8) is 0 Å². The number of aromatic carboxylic acids is 1. The number of halogens is 1. The van der Waals surface area contributed by atoms with E-state index in [9.17, 15) is 47.9 Å². The van der Waals surface area contributed by atoms with E-state index in [0.717, 1.165) is 166 Å². The van der Waals surface area contributed by atoms with E-state index >= 15 is 0 Å². The summed E-state index contributed by atoms with van der Waals surface area (Å²) in [4.78, 5) is 124. The monoisotopic (exact) mass is 1880 g/mol. The molecule has 5 heterocycles. The molecular weight excluding hydrogens is 1730 g/mol. The molecule has 6 amide bonds. The van der Waals surface area contributed by atoms with Gasteiger partial charge in [0.15, 0.2) is 0 Å². The van der Waals surface area contributed by atoms with Crippen LogP contribution in [-0.4, -0.2) is 237 Å². The average molecular weight is 1880 g/mol. The molecule has 13 N–H and O–H groups in total. The number of carboxylic acids is 1. The number of carbonyl (C=O) groups excluding carboxylic acids is 9. The molecule has 15 rings (SSSR count). The summed E-state index contributed by atoms with van der Waals surface area (Å²) in [6.07, 6.45) is 14.5. The molecule has 5 aliphatic carbocycles. The van der Waals surface area contributed by atoms with Gasteiger partial charge >= 0.3 is 71.8 Å². The Kier molecular flexibility index (Phi) is 39.4. The van der Waals surface area contributed by atoms with Gasteiger partial charge in [0.1, 0.15) is 28.2 Å². The van der Waals surface area contributed by atoms with Crippen LogP contribution in [0.15, 0.2) is 91.0 Å². The Morgan fingerprint density at radius 2 is 0.669 bits per heavy atom. The fraction of sp³-hybridized carbons (Fsp3) is 0.600. The fourth-order valence-electron chi connectivity index (χ4n) is 19.6. The minimum absolute atomic E-state index is 0. The summed E-state index contributed by atoms with van der Waals surface area (Å²) in [7, 11) is 7.56. The Morgan fingerprint density at radius 3 is 0.917 bits per heavy atom. The van der Waals surface area contributed by atoms with Crippen LogP contribution in [-0.2, 0) is 33.2 Å². The summed E-state index contributed by atoms with van der Waals surface area (Å²) in [5, 5.41) is 32.1. The van der Waals surface area contributed by atoms with Crippen LogP contribution in [0.2, 0.25) is 0 Å². The number of likely N-dealkylation sites (tertiary alicyclic amines) is 4. The van der Waals surface area contributed by atoms with Crippen molar-refractivity contribution in [2.75, 3.05) is 128 Å². The van der Waals surface area contributed by atoms with Crippen LogP contribution in [0.3, 0.4) is 0 Å². The smallest absolute Gasteiger partial charge is 0.870 e. The number of carboxylic acid groups (broad SMARTS) is 1. The number of hydrogen-bond donors (Lipinski definition) is 10. The van der Waals surface area contributed by atoms with Gasteiger partial charge in [-0.15, -0.1) is 12.4 Å². The van der Waals surface area contributed by atoms with Gasteiger partial charge in [0.2, 0.25) is 0 Å². The second-order valence-electron chi connectivity index (χ2n) is 41.6. The molecule has 0 radical (unpaired) electrons. The summed E-state index contributed by atoms with van der Waals surface area (Å²) >= 11 is 0. The maximum atomic E-state index is 12.3. The first-order valence-electron chi connectivity index (χ1n) is 45.8. The van der Waals surface area contributed by atoms with Crippen molar-refractivity contribution < 1.29 is 117 Å². The normalized spacial score (nSPS) is 22.8. The molecule has 5 spiro atoms. The van der Waals surface area contributed by atoms with Gasteiger partial charge in [-0.05, 0) is 355 Å². The molecular formula is C100H149ClN13NaO18. The third kappa shape index (κ3) is 31.2. The van der Waals surface area contributed by atoms with E-state index < -0.39 is 28.4 Å². The predicted molar refractivity (Wildman–Crippen MR) is 516 cm³/mol. The van der Waals surface area contributed by atoms with Crippen LogP contribution in [0.5, 0.6) is 0 Å². The Labute approximate surface area is 815 Å². The van der Waals surface area contributed by atoms with Gasteiger partial charge in [-0.25, -0.2) is 33.6 Å². The molecule has 33 heteroatoms. The van der Waals surface area contributed by atoms with Crippen LogP contribution >= 0.6 is 12.4 Å². The van der Waals surface area contributed by atoms with E-state index in [1.165, 1.54) is 53.6 Å². The largest absolute Gasteiger partial charge is 1.00 e. The number of nitrogens with zero attached hydrogens (tertiary/aromatic N) is 4. The molecule has 10 aliphatic rings. The molecule has 5 saturated carbocycles. The third-order valence-electron chi connectivity index (χ3n) is 25.9. The molecule has 5 aromatic carbocycles. The second-order valence-corrected chi connectivity index (χ2v) is 41.6. The first kappa shape index (κ1) is 112. The van der Waals surface area contributed by atoms with Crippen LogP contribution < -0.4 is 78.2 Å². The van der Waals surface area contributed by atoms with Gasteiger partial charge in [0.05, 0.1) is 30.9 Å². The summed E-state index contributed by atoms with van der Waals surface area (Å²) < 4.78 is 31.1. The number of rotatable bonds is 13. The number of methoxy groups -OCH3 is 2. The van der Waals surface area contributed by atoms with E-state index in [4.69, 9.17) is 34.5 Å². The summed E-state index contributed by atoms with van der Waals surface area (Å²) in [5.74, 6) is -1.29. The average Bonchev–Trinajstić information content (AvgIpc) is 1.63. The predicted octanol–water partition coefficient (Wildman–Crippen LogP) is 13.5. The number of anilines is 5. The number of ketones is 1. The van der Waals surface area contributed by atoms with E-state index in [-0.39, 0.29) is 117 Å². The first-order chi connectivity index (χ1) is 60.8. The molecule has 0 aromatic heterocycles. The van der Waals surface area contributed by atoms with Gasteiger partial charge in [-0.3, -0.25) is 14.4 Å². The zero-order valence-corrected chi connectivity index (χ0v) is 85.7. The van der Waals surface area contributed by atoms with Crippen LogP contribution in [0.4, 0.5) is 47.6 Å². The van der Waals surface area contributed by atoms with Crippen molar-refractivity contribution in [1.29, 1.82) is 0 Å². The molecule has 5 aromatic rings. The Balaban J connectivity index is 0.000000248. The Hall–Kier alpha value is -9.63. The van der Waals surface area contributed by atoms with Crippen molar-refractivity contribution in [2.24, 2.45) is 32.8 Å². The molecule has 5 saturated heterocycles. The molecule has 133 heavy (non-hydrogen) atoms. The van der Waals surface area contributed by atoms with Gasteiger partial charge in [0, 0.05) is 155 Å². The maximum Gasteiger partial charge on any atom is 1.00 e. The van der Waals surface area contributed by atoms with Crippen molar-refractivity contribution in [3.05, 3.63) is 147 Å². The molecule has 5 aliphatic heterocycles. The molecule has 0 unspecified atom stereocenters. The van der Waals surface area contributed by atoms with E-state index in [0.29, 0.717) is 82.7 Å². The van der Waals surface area contributed by atoms with E-state index in [1.54, 1.807) is 49.3 Å². The molecule has 730 valence electrons. The fourth-order valence-corrected chi connectivity index (χ4v) is 19.6. The zero-order chi connectivity index (χ0) is 96.0. The number of Topliss-reactive ketones (excluding diaryl/α,β-unsaturated/α-hetero) is 1. The van der Waals surface area contributed by atoms with Gasteiger partial charge in [-0.1, -0.05) is 0 Å². The topological polar surface area (TPSA) is 426 Å². The number of benzene rings is 5. The summed E-state index contributed by atoms with van der Waals surface area (Å²) in [5.41, 5.74) is 21.7. The number of nitrogens with one attached hydrogen (secondary N) is 7. The number of esters is 2. The number of aryl methyl sites for hydroxylation is 5. The summed E-state index contributed by atoms with van der Waals surface area (Å²) in [6.45, 7) is 40.5. The molecule has 31 nitrogen and oxygen atoms in total. The first-order valence-corrected chi connectivity index (χ1v) is 45.8. The van der Waals surface area contributed by atoms with Gasteiger partial charge < -0.3 is 107 Å². The Morgan fingerprint density at radius 1 is 0.406 bits per heavy atom. The summed E-state index contributed by atoms with van der Waals surface area (Å²) in [6, 6.07) is 29.7. The van der Waals surface area contributed by atoms with Crippen molar-refractivity contribution >= 4 is 101 Å². The zero-order valence-electron chi connectivity index (χ0n) is 82.9. The van der Waals surface area contributed by atoms with Crippen molar-refractivity contribution in [2.45, 2.75) is 261 Å². The molecule has 10 fully saturated rings. The Bertz CT molecular complexity index is 4740. The van der Waals surface area contributed by atoms with Crippen LogP contribution in [0.1, 0.15) is 259 Å². The number of hydrogen-bond acceptors (Lipinski definition) is 24. The minimum Gasteiger partial charge on any atom is -0.870 e. The van der Waals surface area contributed by atoms with Crippen LogP contribution in [0, 0.1) is 61.7 Å². The number of ether oxygens (including phenoxy) is 6. The van der Waals surface area contributed by atoms with E-state index in [1.807, 2.05) is 187 Å². The van der Waals surface area contributed by atoms with Crippen molar-refractivity contribution in [3.8, 4) is 0 Å². The molecule has 0 bridgehead atoms.